The van der Waals surface area contributed by atoms with Crippen LogP contribution in [0.4, 0.5) is 5.69 Å². The molecular weight excluding hydrogens is 537 g/mol. The molecule has 0 radical (unpaired) electrons. The first-order chi connectivity index (χ1) is 18.9. The zero-order valence-electron chi connectivity index (χ0n) is 20.3. The Labute approximate surface area is 234 Å². The van der Waals surface area contributed by atoms with E-state index >= 15 is 0 Å². The van der Waals surface area contributed by atoms with Gasteiger partial charge < -0.3 is 10.1 Å². The van der Waals surface area contributed by atoms with E-state index < -0.39 is 17.8 Å². The highest BCUT2D eigenvalue weighted by Crippen LogP contribution is 2.22. The van der Waals surface area contributed by atoms with Crippen LogP contribution < -0.4 is 15.5 Å². The van der Waals surface area contributed by atoms with Crippen molar-refractivity contribution in [3.05, 3.63) is 135 Å². The van der Waals surface area contributed by atoms with Gasteiger partial charge in [-0.3, -0.25) is 9.59 Å². The van der Waals surface area contributed by atoms with Crippen molar-refractivity contribution in [1.29, 1.82) is 0 Å². The Hall–Kier alpha value is -4.72. The fourth-order valence-electron chi connectivity index (χ4n) is 3.35. The number of carbonyl (C=O) groups excluding carboxylic acids is 3. The van der Waals surface area contributed by atoms with Crippen LogP contribution in [0.1, 0.15) is 31.8 Å². The number of nitrogens with zero attached hydrogens (tertiary/aromatic N) is 1. The molecule has 2 N–H and O–H groups in total. The maximum Gasteiger partial charge on any atom is 0.336 e. The van der Waals surface area contributed by atoms with Crippen molar-refractivity contribution in [2.75, 3.05) is 5.32 Å². The lowest BCUT2D eigenvalue weighted by Gasteiger charge is -2.08. The first-order valence-corrected chi connectivity index (χ1v) is 12.4. The molecule has 0 bridgehead atoms. The normalized spacial score (nSPS) is 10.9. The van der Waals surface area contributed by atoms with Crippen molar-refractivity contribution in [2.45, 2.75) is 0 Å². The molecule has 0 saturated heterocycles. The van der Waals surface area contributed by atoms with E-state index in [9.17, 15) is 14.4 Å². The molecule has 0 aliphatic heterocycles. The summed E-state index contributed by atoms with van der Waals surface area (Å²) in [4.78, 5) is 37.2. The number of nitrogens with one attached hydrogen (secondary N) is 2. The molecule has 194 valence electrons. The number of esters is 1. The first-order valence-electron chi connectivity index (χ1n) is 11.6. The van der Waals surface area contributed by atoms with Crippen molar-refractivity contribution in [3.8, 4) is 5.75 Å². The van der Waals surface area contributed by atoms with Crippen LogP contribution in [0.3, 0.4) is 0 Å². The van der Waals surface area contributed by atoms with Crippen molar-refractivity contribution >= 4 is 59.0 Å². The fraction of sp³-hybridized carbons (Fsp3) is 0. The van der Waals surface area contributed by atoms with Crippen LogP contribution in [0.15, 0.2) is 108 Å². The standard InChI is InChI=1S/C30H21Cl2N3O4/c31-23-13-16-25(26(32)18-23)30(38)34-24-14-11-21(12-15-24)29(37)35-33-19-22-8-4-5-9-27(22)39-28(36)17-10-20-6-2-1-3-7-20/h1-19H,(H,34,38)(H,35,37)/b17-10+,33-19-. The Bertz CT molecular complexity index is 1550. The topological polar surface area (TPSA) is 96.9 Å². The zero-order chi connectivity index (χ0) is 27.6. The molecule has 0 saturated carbocycles. The summed E-state index contributed by atoms with van der Waals surface area (Å²) in [6, 6.07) is 27.0. The Morgan fingerprint density at radius 2 is 1.51 bits per heavy atom. The van der Waals surface area contributed by atoms with E-state index in [0.717, 1.165) is 5.56 Å². The highest BCUT2D eigenvalue weighted by Gasteiger charge is 2.12. The van der Waals surface area contributed by atoms with E-state index in [1.54, 1.807) is 60.7 Å². The molecule has 4 aromatic rings. The van der Waals surface area contributed by atoms with Gasteiger partial charge in [0, 0.05) is 27.9 Å². The van der Waals surface area contributed by atoms with Gasteiger partial charge in [-0.1, -0.05) is 65.7 Å². The van der Waals surface area contributed by atoms with Gasteiger partial charge in [0.05, 0.1) is 16.8 Å². The number of halogens is 2. The van der Waals surface area contributed by atoms with Gasteiger partial charge in [0.25, 0.3) is 11.8 Å². The summed E-state index contributed by atoms with van der Waals surface area (Å²) in [5, 5.41) is 7.35. The van der Waals surface area contributed by atoms with Crippen LogP contribution in [-0.2, 0) is 4.79 Å². The monoisotopic (exact) mass is 557 g/mol. The van der Waals surface area contributed by atoms with Crippen LogP contribution in [0.5, 0.6) is 5.75 Å². The SMILES string of the molecule is O=C(/C=C/c1ccccc1)Oc1ccccc1/C=N\NC(=O)c1ccc(NC(=O)c2ccc(Cl)cc2Cl)cc1. The average molecular weight is 558 g/mol. The molecule has 4 aromatic carbocycles. The molecule has 0 heterocycles. The van der Waals surface area contributed by atoms with E-state index in [0.29, 0.717) is 27.6 Å². The van der Waals surface area contributed by atoms with Gasteiger partial charge in [0.1, 0.15) is 5.75 Å². The second-order valence-corrected chi connectivity index (χ2v) is 8.90. The van der Waals surface area contributed by atoms with Gasteiger partial charge in [-0.25, -0.2) is 10.2 Å². The summed E-state index contributed by atoms with van der Waals surface area (Å²) in [5.74, 6) is -1.13. The number of amides is 2. The molecule has 0 fully saturated rings. The highest BCUT2D eigenvalue weighted by molar-refractivity contribution is 6.37. The number of hydrazone groups is 1. The minimum Gasteiger partial charge on any atom is -0.423 e. The number of benzene rings is 4. The predicted octanol–water partition coefficient (Wildman–Crippen LogP) is 6.63. The molecule has 4 rings (SSSR count). The lowest BCUT2D eigenvalue weighted by molar-refractivity contribution is -0.128. The van der Waals surface area contributed by atoms with Crippen molar-refractivity contribution < 1.29 is 19.1 Å². The molecule has 0 atom stereocenters. The first kappa shape index (κ1) is 27.3. The minimum atomic E-state index is -0.547. The number of para-hydroxylation sites is 1. The largest absolute Gasteiger partial charge is 0.423 e. The molecule has 0 unspecified atom stereocenters. The summed E-state index contributed by atoms with van der Waals surface area (Å²) < 4.78 is 5.42. The van der Waals surface area contributed by atoms with Crippen LogP contribution in [0.25, 0.3) is 6.08 Å². The molecule has 2 amide bonds. The second-order valence-electron chi connectivity index (χ2n) is 8.06. The van der Waals surface area contributed by atoms with Gasteiger partial charge in [0.2, 0.25) is 0 Å². The minimum absolute atomic E-state index is 0.230. The van der Waals surface area contributed by atoms with Crippen LogP contribution in [0, 0.1) is 0 Å². The highest BCUT2D eigenvalue weighted by atomic mass is 35.5. The van der Waals surface area contributed by atoms with Crippen molar-refractivity contribution in [1.82, 2.24) is 5.43 Å². The summed E-state index contributed by atoms with van der Waals surface area (Å²) >= 11 is 12.0. The number of hydrogen-bond acceptors (Lipinski definition) is 5. The van der Waals surface area contributed by atoms with E-state index in [2.05, 4.69) is 15.8 Å². The summed E-state index contributed by atoms with van der Waals surface area (Å²) in [6.45, 7) is 0. The van der Waals surface area contributed by atoms with Crippen molar-refractivity contribution in [3.63, 3.8) is 0 Å². The Morgan fingerprint density at radius 3 is 2.26 bits per heavy atom. The molecule has 0 aliphatic carbocycles. The molecule has 0 spiro atoms. The van der Waals surface area contributed by atoms with E-state index in [-0.39, 0.29) is 10.6 Å². The predicted molar refractivity (Wildman–Crippen MR) is 153 cm³/mol. The van der Waals surface area contributed by atoms with Gasteiger partial charge in [-0.05, 0) is 66.2 Å². The molecule has 39 heavy (non-hydrogen) atoms. The quantitative estimate of drug-likeness (QED) is 0.0835. The van der Waals surface area contributed by atoms with Crippen LogP contribution >= 0.6 is 23.2 Å². The third-order valence-corrected chi connectivity index (χ3v) is 5.84. The number of carbonyl (C=O) groups is 3. The van der Waals surface area contributed by atoms with Crippen LogP contribution in [-0.4, -0.2) is 24.0 Å². The van der Waals surface area contributed by atoms with Gasteiger partial charge in [0.15, 0.2) is 0 Å². The zero-order valence-corrected chi connectivity index (χ0v) is 21.8. The summed E-state index contributed by atoms with van der Waals surface area (Å²) in [5.41, 5.74) is 4.87. The lowest BCUT2D eigenvalue weighted by Crippen LogP contribution is -2.18. The average Bonchev–Trinajstić information content (AvgIpc) is 2.93. The molecule has 7 nitrogen and oxygen atoms in total. The molecule has 0 aromatic heterocycles. The number of hydrogen-bond donors (Lipinski definition) is 2. The van der Waals surface area contributed by atoms with Gasteiger partial charge >= 0.3 is 5.97 Å². The Morgan fingerprint density at radius 1 is 0.795 bits per heavy atom. The Kier molecular flexibility index (Phi) is 9.24. The second kappa shape index (κ2) is 13.2. The summed E-state index contributed by atoms with van der Waals surface area (Å²) in [6.07, 6.45) is 4.37. The Balaban J connectivity index is 1.33. The number of rotatable bonds is 8. The van der Waals surface area contributed by atoms with Crippen molar-refractivity contribution in [2.24, 2.45) is 5.10 Å². The maximum absolute atomic E-state index is 12.5. The third-order valence-electron chi connectivity index (χ3n) is 5.29. The summed E-state index contributed by atoms with van der Waals surface area (Å²) in [7, 11) is 0. The van der Waals surface area contributed by atoms with E-state index in [1.165, 1.54) is 24.4 Å². The molecule has 9 heteroatoms. The van der Waals surface area contributed by atoms with Gasteiger partial charge in [-0.15, -0.1) is 0 Å². The maximum atomic E-state index is 12.5. The van der Waals surface area contributed by atoms with Gasteiger partial charge in [-0.2, -0.15) is 5.10 Å². The smallest absolute Gasteiger partial charge is 0.336 e. The number of anilines is 1. The van der Waals surface area contributed by atoms with E-state index in [1.807, 2.05) is 30.3 Å². The number of ether oxygens (including phenoxy) is 1. The van der Waals surface area contributed by atoms with E-state index in [4.69, 9.17) is 27.9 Å². The van der Waals surface area contributed by atoms with Crippen LogP contribution in [0.2, 0.25) is 10.0 Å². The fourth-order valence-corrected chi connectivity index (χ4v) is 3.85. The third kappa shape index (κ3) is 7.88. The lowest BCUT2D eigenvalue weighted by atomic mass is 10.1. The molecule has 0 aliphatic rings. The molecular formula is C30H21Cl2N3O4.